The molecule has 5 saturated heterocycles. The van der Waals surface area contributed by atoms with Crippen LogP contribution in [0.5, 0.6) is 0 Å². The number of imidazole rings is 2. The van der Waals surface area contributed by atoms with Gasteiger partial charge in [-0.2, -0.15) is 0 Å². The number of likely N-dealkylation sites (tertiary alicyclic amines) is 2. The van der Waals surface area contributed by atoms with Crippen LogP contribution in [0.1, 0.15) is 158 Å². The van der Waals surface area contributed by atoms with Crippen LogP contribution in [-0.4, -0.2) is 199 Å². The molecule has 4 aromatic carbocycles. The first-order chi connectivity index (χ1) is 55.0. The number of hydrogen-bond acceptors (Lipinski definition) is 20. The molecule has 626 valence electrons. The molecule has 5 fully saturated rings. The van der Waals surface area contributed by atoms with E-state index in [1.165, 1.54) is 50.4 Å². The van der Waals surface area contributed by atoms with Crippen molar-refractivity contribution in [1.29, 1.82) is 0 Å². The molecule has 8 amide bonds. The van der Waals surface area contributed by atoms with Gasteiger partial charge in [0.2, 0.25) is 11.8 Å². The monoisotopic (exact) mass is 1720 g/mol. The van der Waals surface area contributed by atoms with Crippen LogP contribution in [0, 0.1) is 38.9 Å². The Morgan fingerprint density at radius 3 is 1.26 bits per heavy atom. The Morgan fingerprint density at radius 1 is 0.526 bits per heavy atom. The van der Waals surface area contributed by atoms with Gasteiger partial charge in [0.15, 0.2) is 11.6 Å². The summed E-state index contributed by atoms with van der Waals surface area (Å²) in [7, 11) is 4.60. The molecule has 0 radical (unpaired) electrons. The normalized spacial score (nSPS) is 19.1. The van der Waals surface area contributed by atoms with Crippen LogP contribution in [0.2, 0.25) is 0 Å². The first kappa shape index (κ1) is 89.7. The Bertz CT molecular complexity index is 4470. The number of anilines is 2. The van der Waals surface area contributed by atoms with Gasteiger partial charge in [-0.25, -0.2) is 47.5 Å². The number of alkyl carbamates (subject to hydrolysis) is 4. The summed E-state index contributed by atoms with van der Waals surface area (Å²) in [5.41, 5.74) is 5.31. The van der Waals surface area contributed by atoms with E-state index in [9.17, 15) is 52.3 Å². The van der Waals surface area contributed by atoms with Gasteiger partial charge in [0, 0.05) is 35.1 Å². The van der Waals surface area contributed by atoms with Crippen molar-refractivity contribution in [2.24, 2.45) is 23.7 Å². The van der Waals surface area contributed by atoms with Crippen LogP contribution < -0.4 is 36.5 Å². The maximum Gasteiger partial charge on any atom is 0.494 e. The van der Waals surface area contributed by atoms with Gasteiger partial charge in [-0.3, -0.25) is 29.0 Å². The standard InChI is InChI=1S/C38H47FN6O8.C26H37BN4O5.C18H22FIN2O5/c1-21(2)32(42-36(48)51-5)31(46)16-14-26-20-45(38(50)53-26)25-13-15-27(28(39)18-25)23-9-11-24(12-10-23)29-19-40-34(41-29)30-8-7-17-44(30)35(47)33(22(3)4)43-37(49)52-6;1-16(2)21(30-24(33)34-7)23(32)31-14-8-9-20(31)22-28-15-19(29-22)17-10-12-18(13-11-17)27-35-25(3,4)26(5,6)36-27;1-10(2)16(21-17(24)26-3)15(23)7-5-12-9-22(18(25)27-12)11-4-6-14(20)13(19)8-11/h9-13,15,18-19,21-22,26,30,32-33H,7-8,14,16-17,20H2,1-6H3,(H,40,41)(H,42,48)(H,43,49);10-13,15-16,20-21H,8-9,14H2,1-7H3,(H,28,29)(H,30,33);4,6,8,10,12,16H,5,7,9H2,1-3H3,(H,21,24)/t26-,30-,32-,33-;20-,21-;12-,16-/m000/s1. The van der Waals surface area contributed by atoms with Crippen LogP contribution in [-0.2, 0) is 56.9 Å². The minimum Gasteiger partial charge on any atom is -0.453 e. The molecule has 116 heavy (non-hydrogen) atoms. The topological polar surface area (TPSA) is 363 Å². The minimum atomic E-state index is -0.732. The number of aromatic nitrogens is 4. The number of carbonyl (C=O) groups excluding carboxylic acids is 10. The highest BCUT2D eigenvalue weighted by Crippen LogP contribution is 2.39. The number of carbonyl (C=O) groups is 10. The molecule has 0 saturated carbocycles. The second-order valence-electron chi connectivity index (χ2n) is 31.5. The van der Waals surface area contributed by atoms with Crippen LogP contribution in [0.4, 0.5) is 48.9 Å². The van der Waals surface area contributed by atoms with Gasteiger partial charge in [0.1, 0.15) is 47.6 Å². The average molecular weight is 1720 g/mol. The number of halogens is 3. The van der Waals surface area contributed by atoms with Crippen molar-refractivity contribution in [2.45, 2.75) is 194 Å². The Morgan fingerprint density at radius 2 is 0.888 bits per heavy atom. The number of aromatic amines is 2. The Balaban J connectivity index is 0.000000212. The van der Waals surface area contributed by atoms with Crippen LogP contribution in [0.25, 0.3) is 33.6 Å². The number of cyclic esters (lactones) is 2. The molecule has 6 aromatic rings. The summed E-state index contributed by atoms with van der Waals surface area (Å²) in [6, 6.07) is 21.2. The van der Waals surface area contributed by atoms with E-state index < -0.39 is 91.7 Å². The van der Waals surface area contributed by atoms with Crippen LogP contribution in [0.3, 0.4) is 0 Å². The fourth-order valence-electron chi connectivity index (χ4n) is 14.2. The fourth-order valence-corrected chi connectivity index (χ4v) is 14.5. The van der Waals surface area contributed by atoms with E-state index in [0.29, 0.717) is 51.4 Å². The number of H-pyrrole nitrogens is 2. The smallest absolute Gasteiger partial charge is 0.453 e. The van der Waals surface area contributed by atoms with Crippen LogP contribution in [0.15, 0.2) is 97.3 Å². The zero-order valence-corrected chi connectivity index (χ0v) is 70.6. The quantitative estimate of drug-likeness (QED) is 0.0167. The van der Waals surface area contributed by atoms with E-state index in [1.807, 2.05) is 147 Å². The third-order valence-electron chi connectivity index (χ3n) is 21.5. The number of benzene rings is 4. The minimum absolute atomic E-state index is 0.0764. The highest BCUT2D eigenvalue weighted by atomic mass is 127. The molecule has 34 heteroatoms. The lowest BCUT2D eigenvalue weighted by atomic mass is 9.79. The second kappa shape index (κ2) is 39.6. The molecule has 0 unspecified atom stereocenters. The molecule has 8 atom stereocenters. The maximum absolute atomic E-state index is 15.5. The molecule has 5 aliphatic heterocycles. The van der Waals surface area contributed by atoms with E-state index in [0.717, 1.165) is 59.5 Å². The summed E-state index contributed by atoms with van der Waals surface area (Å²) in [4.78, 5) is 146. The lowest BCUT2D eigenvalue weighted by Gasteiger charge is -2.32. The van der Waals surface area contributed by atoms with Gasteiger partial charge in [0.25, 0.3) is 0 Å². The summed E-state index contributed by atoms with van der Waals surface area (Å²) in [6.07, 6.45) is 2.61. The van der Waals surface area contributed by atoms with Gasteiger partial charge in [-0.1, -0.05) is 104 Å². The lowest BCUT2D eigenvalue weighted by Crippen LogP contribution is -2.51. The molecule has 30 nitrogen and oxygen atoms in total. The summed E-state index contributed by atoms with van der Waals surface area (Å²) < 4.78 is 71.4. The SMILES string of the molecule is COC(=O)N[C@H](C(=O)CC[C@H]1CN(c2ccc(-c3ccc(-c4cnc([C@@H]5CCCN5C(=O)[C@@H](NC(=O)OC)C(C)C)[nH]4)cc3)c(F)c2)C(=O)O1)C(C)C.COC(=O)N[C@H](C(=O)CC[C@H]1CN(c2ccc(I)c(F)c2)C(=O)O1)C(C)C.COC(=O)N[C@H](C(=O)N1CCC[C@H]1c1ncc(-c2ccc(B3OC(C)(C)C(C)(C)O3)cc2)[nH]1)C(C)C. The molecular formula is C82H106BF2IN12O18. The first-order valence-corrected chi connectivity index (χ1v) is 40.0. The number of hydrogen-bond donors (Lipinski definition) is 6. The maximum atomic E-state index is 15.5. The van der Waals surface area contributed by atoms with Crippen molar-refractivity contribution in [3.05, 3.63) is 124 Å². The van der Waals surface area contributed by atoms with Gasteiger partial charge in [0.05, 0.1) is 112 Å². The number of rotatable bonds is 26. The third-order valence-corrected chi connectivity index (χ3v) is 22.4. The second-order valence-corrected chi connectivity index (χ2v) is 32.6. The highest BCUT2D eigenvalue weighted by Gasteiger charge is 2.52. The predicted molar refractivity (Wildman–Crippen MR) is 436 cm³/mol. The van der Waals surface area contributed by atoms with Gasteiger partial charge >= 0.3 is 43.7 Å². The highest BCUT2D eigenvalue weighted by molar-refractivity contribution is 14.1. The van der Waals surface area contributed by atoms with Crippen molar-refractivity contribution in [3.8, 4) is 33.6 Å². The van der Waals surface area contributed by atoms with E-state index in [4.69, 9.17) is 28.3 Å². The van der Waals surface area contributed by atoms with E-state index in [1.54, 1.807) is 53.7 Å². The lowest BCUT2D eigenvalue weighted by molar-refractivity contribution is -0.136. The predicted octanol–water partition coefficient (Wildman–Crippen LogP) is 12.9. The van der Waals surface area contributed by atoms with E-state index >= 15 is 4.39 Å². The zero-order chi connectivity index (χ0) is 84.8. The van der Waals surface area contributed by atoms with Gasteiger partial charge in [-0.15, -0.1) is 0 Å². The number of Topliss-reactive ketones (excluding diaryl/α,β-unsaturated/α-hetero) is 2. The first-order valence-electron chi connectivity index (χ1n) is 38.9. The molecule has 2 aromatic heterocycles. The number of nitrogens with zero attached hydrogens (tertiary/aromatic N) is 6. The molecule has 7 heterocycles. The summed E-state index contributed by atoms with van der Waals surface area (Å²) in [5.74, 6) is -0.706. The largest absolute Gasteiger partial charge is 0.494 e. The Labute approximate surface area is 688 Å². The van der Waals surface area contributed by atoms with Gasteiger partial charge < -0.3 is 78.8 Å². The third kappa shape index (κ3) is 22.1. The number of nitrogens with one attached hydrogen (secondary N) is 6. The van der Waals surface area contributed by atoms with Gasteiger partial charge in [-0.05, 0) is 171 Å². The number of ether oxygens (including phenoxy) is 6. The molecule has 11 rings (SSSR count). The molecule has 6 N–H and O–H groups in total. The van der Waals surface area contributed by atoms with E-state index in [-0.39, 0.29) is 103 Å². The van der Waals surface area contributed by atoms with Crippen molar-refractivity contribution in [2.75, 3.05) is 64.4 Å². The Hall–Kier alpha value is -10.2. The average Bonchev–Trinajstić information content (AvgIpc) is 1.62. The molecule has 0 aliphatic carbocycles. The number of ketones is 2. The van der Waals surface area contributed by atoms with Crippen molar-refractivity contribution >= 4 is 106 Å². The zero-order valence-electron chi connectivity index (χ0n) is 68.4. The number of amides is 8. The summed E-state index contributed by atoms with van der Waals surface area (Å²) >= 11 is 1.87. The van der Waals surface area contributed by atoms with Crippen molar-refractivity contribution in [3.63, 3.8) is 0 Å². The van der Waals surface area contributed by atoms with E-state index in [2.05, 4.69) is 50.7 Å². The molecule has 0 bridgehead atoms. The molecule has 5 aliphatic rings. The molecular weight excluding hydrogens is 1620 g/mol. The van der Waals surface area contributed by atoms with Crippen molar-refractivity contribution < 1.29 is 94.5 Å². The Kier molecular flexibility index (Phi) is 30.6. The number of methoxy groups -OCH3 is 4. The summed E-state index contributed by atoms with van der Waals surface area (Å²) in [5, 5.41) is 10.4. The van der Waals surface area contributed by atoms with Crippen molar-refractivity contribution in [1.82, 2.24) is 51.0 Å². The summed E-state index contributed by atoms with van der Waals surface area (Å²) in [6.45, 7) is 24.5. The fraction of sp³-hybridized carbons (Fsp3) is 0.512. The molecule has 0 spiro atoms. The van der Waals surface area contributed by atoms with Crippen LogP contribution >= 0.6 is 22.6 Å².